The first-order chi connectivity index (χ1) is 26.7. The Bertz CT molecular complexity index is 2840. The molecular formula is C52H38N2. The van der Waals surface area contributed by atoms with E-state index in [0.717, 1.165) is 28.8 Å². The molecule has 8 aromatic carbocycles. The maximum atomic E-state index is 5.22. The number of allylic oxidation sites excluding steroid dienone is 3. The van der Waals surface area contributed by atoms with Crippen molar-refractivity contribution in [3.8, 4) is 67.0 Å². The summed E-state index contributed by atoms with van der Waals surface area (Å²) < 4.78 is 2.35. The van der Waals surface area contributed by atoms with E-state index in [0.29, 0.717) is 0 Å². The van der Waals surface area contributed by atoms with Crippen LogP contribution in [0.2, 0.25) is 0 Å². The zero-order chi connectivity index (χ0) is 36.2. The van der Waals surface area contributed by atoms with Crippen molar-refractivity contribution in [2.75, 3.05) is 0 Å². The first kappa shape index (κ1) is 31.9. The fourth-order valence-corrected chi connectivity index (χ4v) is 8.85. The van der Waals surface area contributed by atoms with Gasteiger partial charge in [-0.3, -0.25) is 0 Å². The van der Waals surface area contributed by atoms with Crippen LogP contribution in [0.4, 0.5) is 0 Å². The maximum Gasteiger partial charge on any atom is 0.141 e. The first-order valence-electron chi connectivity index (χ1n) is 18.8. The van der Waals surface area contributed by atoms with E-state index >= 15 is 0 Å². The Morgan fingerprint density at radius 2 is 1.09 bits per heavy atom. The third-order valence-electron chi connectivity index (χ3n) is 11.2. The van der Waals surface area contributed by atoms with E-state index < -0.39 is 0 Å². The summed E-state index contributed by atoms with van der Waals surface area (Å²) in [5.41, 5.74) is 15.8. The zero-order valence-corrected chi connectivity index (χ0v) is 30.2. The molecule has 0 N–H and O–H groups in total. The van der Waals surface area contributed by atoms with Crippen LogP contribution in [0.3, 0.4) is 0 Å². The summed E-state index contributed by atoms with van der Waals surface area (Å²) in [4.78, 5) is 5.22. The number of hydrogen-bond acceptors (Lipinski definition) is 1. The van der Waals surface area contributed by atoms with Crippen LogP contribution < -0.4 is 0 Å². The highest BCUT2D eigenvalue weighted by atomic mass is 15.1. The largest absolute Gasteiger partial charge is 0.317 e. The van der Waals surface area contributed by atoms with E-state index in [-0.39, 0.29) is 6.04 Å². The molecule has 0 saturated heterocycles. The standard InChI is InChI=1S/C52H38N2/c1-3-5-24-38(4-2)54-46-30-15-14-29-45(46)53-52(54)37-23-16-22-36(33-37)39-31-32-44-49-40(39)27-17-28-43(49)50-47(34-18-8-6-9-19-34)41-25-12-13-26-42(41)48(51(44)50)35-20-10-7-11-21-35/h3-23,25-33,38H,2,24H2,1H3/b5-3-. The summed E-state index contributed by atoms with van der Waals surface area (Å²) >= 11 is 0. The Morgan fingerprint density at radius 1 is 0.537 bits per heavy atom. The van der Waals surface area contributed by atoms with Crippen LogP contribution in [0, 0.1) is 0 Å². The van der Waals surface area contributed by atoms with Gasteiger partial charge in [0.2, 0.25) is 0 Å². The van der Waals surface area contributed by atoms with Gasteiger partial charge in [0.15, 0.2) is 0 Å². The van der Waals surface area contributed by atoms with Crippen LogP contribution in [0.25, 0.3) is 99.6 Å². The number of imidazole rings is 1. The molecule has 1 aromatic heterocycles. The van der Waals surface area contributed by atoms with Crippen LogP contribution in [-0.4, -0.2) is 9.55 Å². The molecule has 54 heavy (non-hydrogen) atoms. The van der Waals surface area contributed by atoms with Crippen LogP contribution >= 0.6 is 0 Å². The highest BCUT2D eigenvalue weighted by Crippen LogP contribution is 2.58. The molecule has 0 aliphatic heterocycles. The highest BCUT2D eigenvalue weighted by Gasteiger charge is 2.31. The van der Waals surface area contributed by atoms with E-state index in [1.165, 1.54) is 77.2 Å². The lowest BCUT2D eigenvalue weighted by Gasteiger charge is -2.20. The van der Waals surface area contributed by atoms with Gasteiger partial charge in [0.05, 0.1) is 17.1 Å². The Morgan fingerprint density at radius 3 is 1.78 bits per heavy atom. The SMILES string of the molecule is C=CC(C/C=C\C)n1c(-c2cccc(-c3ccc4c5c(cccc35)-c3c-4c(-c4ccccc4)c4ccccc4c3-c3ccccc3)c2)nc2ccccc21. The topological polar surface area (TPSA) is 17.8 Å². The molecule has 0 amide bonds. The Labute approximate surface area is 316 Å². The minimum atomic E-state index is 0.0793. The molecule has 1 aliphatic rings. The summed E-state index contributed by atoms with van der Waals surface area (Å²) in [6.45, 7) is 6.31. The number of benzene rings is 8. The molecule has 256 valence electrons. The molecule has 1 unspecified atom stereocenters. The minimum Gasteiger partial charge on any atom is -0.317 e. The zero-order valence-electron chi connectivity index (χ0n) is 30.2. The smallest absolute Gasteiger partial charge is 0.141 e. The van der Waals surface area contributed by atoms with Crippen molar-refractivity contribution in [1.29, 1.82) is 0 Å². The third kappa shape index (κ3) is 4.91. The first-order valence-corrected chi connectivity index (χ1v) is 18.8. The van der Waals surface area contributed by atoms with E-state index in [4.69, 9.17) is 4.98 Å². The van der Waals surface area contributed by atoms with Crippen molar-refractivity contribution in [1.82, 2.24) is 9.55 Å². The summed E-state index contributed by atoms with van der Waals surface area (Å²) in [6, 6.07) is 59.8. The van der Waals surface area contributed by atoms with E-state index in [1.807, 2.05) is 6.08 Å². The minimum absolute atomic E-state index is 0.0793. The monoisotopic (exact) mass is 690 g/mol. The third-order valence-corrected chi connectivity index (χ3v) is 11.2. The van der Waals surface area contributed by atoms with Crippen molar-refractivity contribution in [3.05, 3.63) is 189 Å². The van der Waals surface area contributed by atoms with Gasteiger partial charge in [-0.2, -0.15) is 0 Å². The number of hydrogen-bond donors (Lipinski definition) is 0. The van der Waals surface area contributed by atoms with E-state index in [2.05, 4.69) is 194 Å². The van der Waals surface area contributed by atoms with Gasteiger partial charge in [-0.1, -0.05) is 164 Å². The Kier molecular flexibility index (Phi) is 7.70. The van der Waals surface area contributed by atoms with Gasteiger partial charge in [-0.25, -0.2) is 4.98 Å². The fourth-order valence-electron chi connectivity index (χ4n) is 8.85. The average Bonchev–Trinajstić information content (AvgIpc) is 3.78. The molecule has 0 fully saturated rings. The lowest BCUT2D eigenvalue weighted by Crippen LogP contribution is -2.07. The molecule has 0 saturated carbocycles. The molecule has 1 heterocycles. The molecule has 0 radical (unpaired) electrons. The molecule has 0 bridgehead atoms. The highest BCUT2D eigenvalue weighted by molar-refractivity contribution is 6.28. The summed E-state index contributed by atoms with van der Waals surface area (Å²) in [5, 5.41) is 5.11. The molecular weight excluding hydrogens is 653 g/mol. The van der Waals surface area contributed by atoms with E-state index in [1.54, 1.807) is 0 Å². The van der Waals surface area contributed by atoms with Crippen molar-refractivity contribution in [2.24, 2.45) is 0 Å². The Balaban J connectivity index is 1.22. The molecule has 1 atom stereocenters. The van der Waals surface area contributed by atoms with Crippen LogP contribution in [0.15, 0.2) is 189 Å². The molecule has 2 nitrogen and oxygen atoms in total. The van der Waals surface area contributed by atoms with Crippen LogP contribution in [0.5, 0.6) is 0 Å². The van der Waals surface area contributed by atoms with Gasteiger partial charge in [-0.15, -0.1) is 6.58 Å². The van der Waals surface area contributed by atoms with Gasteiger partial charge in [-0.05, 0) is 109 Å². The summed E-state index contributed by atoms with van der Waals surface area (Å²) in [6.07, 6.45) is 7.21. The lowest BCUT2D eigenvalue weighted by molar-refractivity contribution is 0.636. The van der Waals surface area contributed by atoms with Gasteiger partial charge < -0.3 is 4.57 Å². The van der Waals surface area contributed by atoms with Crippen molar-refractivity contribution >= 4 is 32.6 Å². The number of fused-ring (bicyclic) bond motifs is 5. The number of para-hydroxylation sites is 2. The molecule has 9 aromatic rings. The average molecular weight is 691 g/mol. The summed E-state index contributed by atoms with van der Waals surface area (Å²) in [5.74, 6) is 0.956. The second kappa shape index (κ2) is 13.0. The van der Waals surface area contributed by atoms with Crippen molar-refractivity contribution in [2.45, 2.75) is 19.4 Å². The number of aromatic nitrogens is 2. The quantitative estimate of drug-likeness (QED) is 0.145. The van der Waals surface area contributed by atoms with Crippen LogP contribution in [0.1, 0.15) is 19.4 Å². The summed E-state index contributed by atoms with van der Waals surface area (Å²) in [7, 11) is 0. The van der Waals surface area contributed by atoms with Crippen molar-refractivity contribution in [3.63, 3.8) is 0 Å². The van der Waals surface area contributed by atoms with Gasteiger partial charge in [0.1, 0.15) is 5.82 Å². The predicted octanol–water partition coefficient (Wildman–Crippen LogP) is 14.4. The van der Waals surface area contributed by atoms with Gasteiger partial charge in [0, 0.05) is 5.56 Å². The predicted molar refractivity (Wildman–Crippen MR) is 230 cm³/mol. The number of nitrogens with zero attached hydrogens (tertiary/aromatic N) is 2. The maximum absolute atomic E-state index is 5.22. The van der Waals surface area contributed by atoms with Crippen molar-refractivity contribution < 1.29 is 0 Å². The van der Waals surface area contributed by atoms with Crippen LogP contribution in [-0.2, 0) is 0 Å². The Hall–Kier alpha value is -6.77. The number of rotatable bonds is 8. The molecule has 0 spiro atoms. The lowest BCUT2D eigenvalue weighted by atomic mass is 9.82. The van der Waals surface area contributed by atoms with Gasteiger partial charge in [0.25, 0.3) is 0 Å². The molecule has 10 rings (SSSR count). The van der Waals surface area contributed by atoms with Gasteiger partial charge >= 0.3 is 0 Å². The normalized spacial score (nSPS) is 12.5. The molecule has 2 heteroatoms. The second-order valence-electron chi connectivity index (χ2n) is 14.1. The molecule has 1 aliphatic carbocycles. The second-order valence-corrected chi connectivity index (χ2v) is 14.1. The van der Waals surface area contributed by atoms with E-state index in [9.17, 15) is 0 Å². The fraction of sp³-hybridized carbons (Fsp3) is 0.0577.